The number of rotatable bonds is 8. The van der Waals surface area contributed by atoms with Crippen LogP contribution in [0.25, 0.3) is 17.5 Å². The van der Waals surface area contributed by atoms with Crippen molar-refractivity contribution in [1.82, 2.24) is 14.8 Å². The number of benzene rings is 1. The van der Waals surface area contributed by atoms with Crippen molar-refractivity contribution < 1.29 is 18.7 Å². The van der Waals surface area contributed by atoms with E-state index in [0.717, 1.165) is 29.9 Å². The standard InChI is InChI=1S/C23H23N5O4/c1-4-10-28-15(2)11-18(16(28)3)12-19(13-24)22(30)31-14-20(29)25-23-27-26-21(32-23)17-8-6-5-7-9-17/h5-9,11-12H,4,10,14H2,1-3H3,(H,25,27,29). The van der Waals surface area contributed by atoms with Crippen molar-refractivity contribution in [2.75, 3.05) is 11.9 Å². The van der Waals surface area contributed by atoms with Gasteiger partial charge in [0.2, 0.25) is 5.89 Å². The molecule has 9 heteroatoms. The molecule has 0 aliphatic carbocycles. The number of aromatic nitrogens is 3. The Labute approximate surface area is 185 Å². The number of ether oxygens (including phenoxy) is 1. The van der Waals surface area contributed by atoms with Gasteiger partial charge in [0.1, 0.15) is 11.6 Å². The predicted molar refractivity (Wildman–Crippen MR) is 117 cm³/mol. The highest BCUT2D eigenvalue weighted by molar-refractivity contribution is 6.00. The van der Waals surface area contributed by atoms with E-state index in [1.165, 1.54) is 6.08 Å². The molecule has 1 N–H and O–H groups in total. The number of carbonyl (C=O) groups excluding carboxylic acids is 2. The summed E-state index contributed by atoms with van der Waals surface area (Å²) in [5.41, 5.74) is 3.25. The molecule has 9 nitrogen and oxygen atoms in total. The zero-order valence-corrected chi connectivity index (χ0v) is 18.1. The summed E-state index contributed by atoms with van der Waals surface area (Å²) in [4.78, 5) is 24.4. The molecule has 0 aliphatic heterocycles. The highest BCUT2D eigenvalue weighted by Crippen LogP contribution is 2.20. The maximum atomic E-state index is 12.3. The SMILES string of the molecule is CCCn1c(C)cc(C=C(C#N)C(=O)OCC(=O)Nc2nnc(-c3ccccc3)o2)c1C. The molecule has 0 bridgehead atoms. The van der Waals surface area contributed by atoms with Crippen LogP contribution in [0.1, 0.15) is 30.3 Å². The molecule has 2 heterocycles. The van der Waals surface area contributed by atoms with Crippen molar-refractivity contribution in [2.45, 2.75) is 33.7 Å². The highest BCUT2D eigenvalue weighted by Gasteiger charge is 2.17. The van der Waals surface area contributed by atoms with Crippen LogP contribution < -0.4 is 5.32 Å². The minimum Gasteiger partial charge on any atom is -0.451 e. The van der Waals surface area contributed by atoms with Gasteiger partial charge in [-0.05, 0) is 50.1 Å². The second-order valence-corrected chi connectivity index (χ2v) is 7.05. The van der Waals surface area contributed by atoms with E-state index in [1.54, 1.807) is 12.1 Å². The monoisotopic (exact) mass is 433 g/mol. The molecule has 0 saturated carbocycles. The largest absolute Gasteiger partial charge is 0.451 e. The second kappa shape index (κ2) is 10.2. The number of nitrogens with zero attached hydrogens (tertiary/aromatic N) is 4. The lowest BCUT2D eigenvalue weighted by molar-refractivity contribution is -0.142. The maximum Gasteiger partial charge on any atom is 0.349 e. The van der Waals surface area contributed by atoms with Crippen LogP contribution in [0.4, 0.5) is 6.01 Å². The van der Waals surface area contributed by atoms with E-state index < -0.39 is 18.5 Å². The van der Waals surface area contributed by atoms with Crippen LogP contribution in [0.5, 0.6) is 0 Å². The summed E-state index contributed by atoms with van der Waals surface area (Å²) >= 11 is 0. The van der Waals surface area contributed by atoms with Gasteiger partial charge in [0.15, 0.2) is 6.61 Å². The van der Waals surface area contributed by atoms with Crippen molar-refractivity contribution >= 4 is 24.0 Å². The minimum absolute atomic E-state index is 0.121. The third-order valence-electron chi connectivity index (χ3n) is 4.73. The quantitative estimate of drug-likeness (QED) is 0.327. The van der Waals surface area contributed by atoms with Gasteiger partial charge in [-0.1, -0.05) is 30.2 Å². The molecule has 0 fully saturated rings. The molecule has 0 spiro atoms. The van der Waals surface area contributed by atoms with Crippen molar-refractivity contribution in [3.8, 4) is 17.5 Å². The van der Waals surface area contributed by atoms with Crippen molar-refractivity contribution in [1.29, 1.82) is 5.26 Å². The second-order valence-electron chi connectivity index (χ2n) is 7.05. The highest BCUT2D eigenvalue weighted by atomic mass is 16.5. The number of nitriles is 1. The Balaban J connectivity index is 1.60. The summed E-state index contributed by atoms with van der Waals surface area (Å²) in [5.74, 6) is -1.31. The number of nitrogens with one attached hydrogen (secondary N) is 1. The van der Waals surface area contributed by atoms with Crippen molar-refractivity contribution in [3.63, 3.8) is 0 Å². The number of esters is 1. The van der Waals surface area contributed by atoms with Crippen molar-refractivity contribution in [2.24, 2.45) is 0 Å². The molecule has 0 saturated heterocycles. The van der Waals surface area contributed by atoms with Gasteiger partial charge >= 0.3 is 12.0 Å². The summed E-state index contributed by atoms with van der Waals surface area (Å²) in [6, 6.07) is 12.7. The first-order valence-corrected chi connectivity index (χ1v) is 10.1. The van der Waals surface area contributed by atoms with E-state index in [4.69, 9.17) is 9.15 Å². The Hall–Kier alpha value is -4.19. The number of carbonyl (C=O) groups is 2. The molecule has 0 aliphatic rings. The first-order chi connectivity index (χ1) is 15.4. The Morgan fingerprint density at radius 3 is 2.69 bits per heavy atom. The molecule has 1 amide bonds. The summed E-state index contributed by atoms with van der Waals surface area (Å²) in [5, 5.41) is 19.4. The van der Waals surface area contributed by atoms with Gasteiger partial charge in [-0.3, -0.25) is 10.1 Å². The molecule has 3 aromatic rings. The van der Waals surface area contributed by atoms with Crippen LogP contribution >= 0.6 is 0 Å². The van der Waals surface area contributed by atoms with Crippen LogP contribution in [0.15, 0.2) is 46.4 Å². The smallest absolute Gasteiger partial charge is 0.349 e. The minimum atomic E-state index is -0.890. The van der Waals surface area contributed by atoms with E-state index >= 15 is 0 Å². The van der Waals surface area contributed by atoms with Gasteiger partial charge in [0, 0.05) is 23.5 Å². The zero-order valence-electron chi connectivity index (χ0n) is 18.1. The Morgan fingerprint density at radius 2 is 2.00 bits per heavy atom. The number of anilines is 1. The number of aryl methyl sites for hydroxylation is 1. The lowest BCUT2D eigenvalue weighted by Crippen LogP contribution is -2.21. The van der Waals surface area contributed by atoms with Crippen LogP contribution in [-0.2, 0) is 20.9 Å². The average molecular weight is 433 g/mol. The first-order valence-electron chi connectivity index (χ1n) is 10.1. The lowest BCUT2D eigenvalue weighted by atomic mass is 10.1. The van der Waals surface area contributed by atoms with Gasteiger partial charge in [-0.25, -0.2) is 4.79 Å². The van der Waals surface area contributed by atoms with Gasteiger partial charge in [-0.2, -0.15) is 5.26 Å². The molecule has 0 unspecified atom stereocenters. The maximum absolute atomic E-state index is 12.3. The summed E-state index contributed by atoms with van der Waals surface area (Å²) in [6.45, 7) is 6.22. The predicted octanol–water partition coefficient (Wildman–Crippen LogP) is 3.65. The van der Waals surface area contributed by atoms with Crippen LogP contribution in [-0.4, -0.2) is 33.2 Å². The van der Waals surface area contributed by atoms with E-state index in [1.807, 2.05) is 44.2 Å². The van der Waals surface area contributed by atoms with E-state index in [-0.39, 0.29) is 17.5 Å². The van der Waals surface area contributed by atoms with Gasteiger partial charge in [0.25, 0.3) is 5.91 Å². The number of hydrogen-bond acceptors (Lipinski definition) is 7. The Bertz CT molecular complexity index is 1180. The normalized spacial score (nSPS) is 11.1. The van der Waals surface area contributed by atoms with E-state index in [9.17, 15) is 14.9 Å². The third kappa shape index (κ3) is 5.29. The molecule has 3 rings (SSSR count). The molecular formula is C23H23N5O4. The Morgan fingerprint density at radius 1 is 1.25 bits per heavy atom. The van der Waals surface area contributed by atoms with Crippen molar-refractivity contribution in [3.05, 3.63) is 58.9 Å². The summed E-state index contributed by atoms with van der Waals surface area (Å²) < 4.78 is 12.5. The van der Waals surface area contributed by atoms with Gasteiger partial charge in [0.05, 0.1) is 0 Å². The fraction of sp³-hybridized carbons (Fsp3) is 0.261. The molecule has 1 aromatic carbocycles. The van der Waals surface area contributed by atoms with Gasteiger partial charge in [-0.15, -0.1) is 5.10 Å². The first kappa shape index (κ1) is 22.5. The summed E-state index contributed by atoms with van der Waals surface area (Å²) in [7, 11) is 0. The number of amides is 1. The lowest BCUT2D eigenvalue weighted by Gasteiger charge is -2.07. The average Bonchev–Trinajstić information content (AvgIpc) is 3.36. The Kier molecular flexibility index (Phi) is 7.18. The van der Waals surface area contributed by atoms with Crippen LogP contribution in [0.3, 0.4) is 0 Å². The number of hydrogen-bond donors (Lipinski definition) is 1. The van der Waals surface area contributed by atoms with E-state index in [0.29, 0.717) is 5.56 Å². The fourth-order valence-corrected chi connectivity index (χ4v) is 3.17. The molecular weight excluding hydrogens is 410 g/mol. The third-order valence-corrected chi connectivity index (χ3v) is 4.73. The molecule has 0 radical (unpaired) electrons. The van der Waals surface area contributed by atoms with Crippen LogP contribution in [0.2, 0.25) is 0 Å². The summed E-state index contributed by atoms with van der Waals surface area (Å²) in [6.07, 6.45) is 2.44. The molecule has 164 valence electrons. The molecule has 0 atom stereocenters. The molecule has 32 heavy (non-hydrogen) atoms. The van der Waals surface area contributed by atoms with Gasteiger partial charge < -0.3 is 13.7 Å². The fourth-order valence-electron chi connectivity index (χ4n) is 3.17. The molecule has 2 aromatic heterocycles. The zero-order chi connectivity index (χ0) is 23.1. The van der Waals surface area contributed by atoms with Crippen LogP contribution in [0, 0.1) is 25.2 Å². The topological polar surface area (TPSA) is 123 Å². The van der Waals surface area contributed by atoms with E-state index in [2.05, 4.69) is 27.0 Å².